The van der Waals surface area contributed by atoms with Gasteiger partial charge in [-0.05, 0) is 70.1 Å². The lowest BCUT2D eigenvalue weighted by molar-refractivity contribution is -0.0249. The molecule has 4 rings (SSSR count). The van der Waals surface area contributed by atoms with Crippen LogP contribution in [0.1, 0.15) is 62.9 Å². The number of carbonyl (C=O) groups is 2. The van der Waals surface area contributed by atoms with Crippen molar-refractivity contribution in [2.45, 2.75) is 58.1 Å². The molecule has 0 atom stereocenters. The monoisotopic (exact) mass is 369 g/mol. The van der Waals surface area contributed by atoms with Gasteiger partial charge >= 0.3 is 6.09 Å². The molecule has 2 aliphatic rings. The zero-order valence-corrected chi connectivity index (χ0v) is 16.3. The normalized spacial score (nSPS) is 19.9. The molecule has 1 saturated heterocycles. The molecule has 144 valence electrons. The molecule has 1 aliphatic heterocycles. The maximum Gasteiger partial charge on any atom is 0.410 e. The van der Waals surface area contributed by atoms with E-state index in [1.807, 2.05) is 50.1 Å². The van der Waals surface area contributed by atoms with Crippen LogP contribution in [0, 0.1) is 5.41 Å². The minimum Gasteiger partial charge on any atom is -0.444 e. The lowest BCUT2D eigenvalue weighted by Crippen LogP contribution is -2.50. The zero-order chi connectivity index (χ0) is 19.2. The van der Waals surface area contributed by atoms with Crippen LogP contribution in [-0.2, 0) is 4.74 Å². The third-order valence-electron chi connectivity index (χ3n) is 5.91. The second-order valence-corrected chi connectivity index (χ2v) is 9.05. The molecule has 2 fully saturated rings. The highest BCUT2D eigenvalue weighted by Crippen LogP contribution is 2.55. The van der Waals surface area contributed by atoms with Crippen LogP contribution >= 0.6 is 0 Å². The van der Waals surface area contributed by atoms with Crippen molar-refractivity contribution in [1.29, 1.82) is 0 Å². The number of fused-ring (bicyclic) bond motifs is 1. The quantitative estimate of drug-likeness (QED) is 0.744. The van der Waals surface area contributed by atoms with Gasteiger partial charge < -0.3 is 9.64 Å². The van der Waals surface area contributed by atoms with Gasteiger partial charge in [0.1, 0.15) is 11.9 Å². The number of carbonyl (C=O) groups excluding carboxylic acids is 2. The standard InChI is InChI=1S/C21H27N3O3/c1-20(2,3)27-19(26)23-8-6-21(7-9-23)11-17(12-21)24-18-5-4-15(14-25)10-16(18)13-22-24/h4-5,10,13-14,17H,6-9,11-12H2,1-3H3. The molecule has 1 spiro atoms. The Hall–Kier alpha value is -2.37. The number of rotatable bonds is 2. The molecule has 1 aromatic carbocycles. The van der Waals surface area contributed by atoms with Crippen molar-refractivity contribution in [1.82, 2.24) is 14.7 Å². The van der Waals surface area contributed by atoms with Crippen molar-refractivity contribution < 1.29 is 14.3 Å². The van der Waals surface area contributed by atoms with Crippen molar-refractivity contribution in [3.63, 3.8) is 0 Å². The molecule has 1 saturated carbocycles. The van der Waals surface area contributed by atoms with E-state index < -0.39 is 5.60 Å². The van der Waals surface area contributed by atoms with Gasteiger partial charge in [0.15, 0.2) is 0 Å². The molecule has 2 heterocycles. The fourth-order valence-corrected chi connectivity index (χ4v) is 4.45. The molecule has 1 aromatic heterocycles. The van der Waals surface area contributed by atoms with Crippen LogP contribution in [0.5, 0.6) is 0 Å². The number of hydrogen-bond donors (Lipinski definition) is 0. The van der Waals surface area contributed by atoms with Gasteiger partial charge in [-0.15, -0.1) is 0 Å². The van der Waals surface area contributed by atoms with E-state index in [4.69, 9.17) is 4.74 Å². The molecule has 0 unspecified atom stereocenters. The average molecular weight is 369 g/mol. The van der Waals surface area contributed by atoms with E-state index in [-0.39, 0.29) is 6.09 Å². The highest BCUT2D eigenvalue weighted by Gasteiger charge is 2.48. The van der Waals surface area contributed by atoms with Crippen LogP contribution < -0.4 is 0 Å². The first kappa shape index (κ1) is 18.0. The topological polar surface area (TPSA) is 64.4 Å². The van der Waals surface area contributed by atoms with Crippen molar-refractivity contribution >= 4 is 23.3 Å². The van der Waals surface area contributed by atoms with E-state index in [1.165, 1.54) is 0 Å². The summed E-state index contributed by atoms with van der Waals surface area (Å²) in [5.41, 5.74) is 1.65. The number of benzene rings is 1. The fraction of sp³-hybridized carbons (Fsp3) is 0.571. The molecule has 0 radical (unpaired) electrons. The molecule has 2 aromatic rings. The average Bonchev–Trinajstić information content (AvgIpc) is 3.01. The van der Waals surface area contributed by atoms with Gasteiger partial charge in [-0.25, -0.2) is 4.79 Å². The second kappa shape index (κ2) is 6.36. The van der Waals surface area contributed by atoms with E-state index in [9.17, 15) is 9.59 Å². The Labute approximate surface area is 159 Å². The first-order valence-corrected chi connectivity index (χ1v) is 9.69. The summed E-state index contributed by atoms with van der Waals surface area (Å²) < 4.78 is 7.60. The van der Waals surface area contributed by atoms with Gasteiger partial charge in [0.2, 0.25) is 0 Å². The van der Waals surface area contributed by atoms with E-state index in [1.54, 1.807) is 0 Å². The minimum atomic E-state index is -0.446. The molecule has 1 amide bonds. The van der Waals surface area contributed by atoms with Crippen LogP contribution in [0.4, 0.5) is 4.79 Å². The number of amides is 1. The van der Waals surface area contributed by atoms with Gasteiger partial charge in [0.25, 0.3) is 0 Å². The first-order valence-electron chi connectivity index (χ1n) is 9.69. The Morgan fingerprint density at radius 2 is 1.96 bits per heavy atom. The van der Waals surface area contributed by atoms with Gasteiger partial charge in [-0.2, -0.15) is 5.10 Å². The summed E-state index contributed by atoms with van der Waals surface area (Å²) >= 11 is 0. The molecule has 0 bridgehead atoms. The maximum absolute atomic E-state index is 12.2. The summed E-state index contributed by atoms with van der Waals surface area (Å²) in [6, 6.07) is 6.13. The van der Waals surface area contributed by atoms with Crippen molar-refractivity contribution in [3.8, 4) is 0 Å². The smallest absolute Gasteiger partial charge is 0.410 e. The third kappa shape index (κ3) is 3.45. The fourth-order valence-electron chi connectivity index (χ4n) is 4.45. The predicted octanol–water partition coefficient (Wildman–Crippen LogP) is 4.20. The SMILES string of the molecule is CC(C)(C)OC(=O)N1CCC2(CC1)CC(n1ncc3cc(C=O)ccc31)C2. The van der Waals surface area contributed by atoms with Gasteiger partial charge in [0, 0.05) is 24.0 Å². The Kier molecular flexibility index (Phi) is 4.24. The van der Waals surface area contributed by atoms with Gasteiger partial charge in [-0.3, -0.25) is 9.48 Å². The van der Waals surface area contributed by atoms with Crippen molar-refractivity contribution in [2.24, 2.45) is 5.41 Å². The zero-order valence-electron chi connectivity index (χ0n) is 16.3. The summed E-state index contributed by atoms with van der Waals surface area (Å²) in [7, 11) is 0. The number of aldehydes is 1. The number of piperidine rings is 1. The summed E-state index contributed by atoms with van der Waals surface area (Å²) in [5.74, 6) is 0. The number of ether oxygens (including phenoxy) is 1. The molecule has 6 nitrogen and oxygen atoms in total. The van der Waals surface area contributed by atoms with Crippen molar-refractivity contribution in [2.75, 3.05) is 13.1 Å². The first-order chi connectivity index (χ1) is 12.8. The van der Waals surface area contributed by atoms with Gasteiger partial charge in [-0.1, -0.05) is 0 Å². The Balaban J connectivity index is 1.37. The Morgan fingerprint density at radius 3 is 2.59 bits per heavy atom. The molecule has 6 heteroatoms. The third-order valence-corrected chi connectivity index (χ3v) is 5.91. The molecule has 27 heavy (non-hydrogen) atoms. The van der Waals surface area contributed by atoms with E-state index in [0.717, 1.165) is 56.0 Å². The molecule has 1 aliphatic carbocycles. The summed E-state index contributed by atoms with van der Waals surface area (Å²) in [6.45, 7) is 7.24. The van der Waals surface area contributed by atoms with Gasteiger partial charge in [0.05, 0.1) is 17.8 Å². The summed E-state index contributed by atoms with van der Waals surface area (Å²) in [4.78, 5) is 25.0. The minimum absolute atomic E-state index is 0.197. The van der Waals surface area contributed by atoms with Crippen LogP contribution in [0.3, 0.4) is 0 Å². The summed E-state index contributed by atoms with van der Waals surface area (Å²) in [5, 5.41) is 5.58. The Bertz CT molecular complexity index is 864. The van der Waals surface area contributed by atoms with E-state index in [2.05, 4.69) is 9.78 Å². The number of aromatic nitrogens is 2. The lowest BCUT2D eigenvalue weighted by atomic mass is 9.60. The Morgan fingerprint density at radius 1 is 1.26 bits per heavy atom. The highest BCUT2D eigenvalue weighted by molar-refractivity contribution is 5.86. The largest absolute Gasteiger partial charge is 0.444 e. The molecular formula is C21H27N3O3. The lowest BCUT2D eigenvalue weighted by Gasteiger charge is -2.52. The van der Waals surface area contributed by atoms with E-state index in [0.29, 0.717) is 17.0 Å². The van der Waals surface area contributed by atoms with Crippen LogP contribution in [0.25, 0.3) is 10.9 Å². The highest BCUT2D eigenvalue weighted by atomic mass is 16.6. The number of hydrogen-bond acceptors (Lipinski definition) is 4. The van der Waals surface area contributed by atoms with Crippen molar-refractivity contribution in [3.05, 3.63) is 30.0 Å². The maximum atomic E-state index is 12.2. The van der Waals surface area contributed by atoms with Crippen LogP contribution in [0.15, 0.2) is 24.4 Å². The molecular weight excluding hydrogens is 342 g/mol. The van der Waals surface area contributed by atoms with Crippen LogP contribution in [0.2, 0.25) is 0 Å². The van der Waals surface area contributed by atoms with E-state index >= 15 is 0 Å². The number of likely N-dealkylation sites (tertiary alicyclic amines) is 1. The summed E-state index contributed by atoms with van der Waals surface area (Å²) in [6.07, 6.45) is 6.76. The molecule has 0 N–H and O–H groups in total. The van der Waals surface area contributed by atoms with Crippen LogP contribution in [-0.4, -0.2) is 45.8 Å². The predicted molar refractivity (Wildman–Crippen MR) is 103 cm³/mol. The number of nitrogens with zero attached hydrogens (tertiary/aromatic N) is 3. The second-order valence-electron chi connectivity index (χ2n) is 9.05.